The molecule has 2 heteroatoms. The van der Waals surface area contributed by atoms with Crippen molar-refractivity contribution in [3.05, 3.63) is 249 Å². The molecule has 0 atom stereocenters. The van der Waals surface area contributed by atoms with Gasteiger partial charge in [-0.3, -0.25) is 0 Å². The SMILES string of the molecule is c1ccc(-c2cccc(N(c3ccc(-c4ccc5ccccc5c4)cc3)c3ccc(-c4ccccc4)c(-c4ccc(-c5ccc6ccc7oc8ccccc8c7c6c5)cc4)c3)c2)cc1. The van der Waals surface area contributed by atoms with Crippen LogP contribution >= 0.6 is 0 Å². The fourth-order valence-electron chi connectivity index (χ4n) is 9.42. The van der Waals surface area contributed by atoms with Crippen molar-refractivity contribution in [2.75, 3.05) is 4.90 Å². The molecule has 0 saturated heterocycles. The van der Waals surface area contributed by atoms with Crippen LogP contribution in [0.1, 0.15) is 0 Å². The molecule has 0 bridgehead atoms. The molecule has 0 spiro atoms. The van der Waals surface area contributed by atoms with Crippen LogP contribution < -0.4 is 4.90 Å². The number of hydrogen-bond donors (Lipinski definition) is 0. The van der Waals surface area contributed by atoms with Crippen LogP contribution in [-0.2, 0) is 0 Å². The predicted molar refractivity (Wildman–Crippen MR) is 271 cm³/mol. The fourth-order valence-corrected chi connectivity index (χ4v) is 9.42. The Kier molecular flexibility index (Phi) is 9.20. The number of fused-ring (bicyclic) bond motifs is 6. The average Bonchev–Trinajstić information content (AvgIpc) is 3.76. The van der Waals surface area contributed by atoms with Crippen molar-refractivity contribution in [1.29, 1.82) is 0 Å². The van der Waals surface area contributed by atoms with Crippen LogP contribution in [0.2, 0.25) is 0 Å². The van der Waals surface area contributed by atoms with Gasteiger partial charge in [0.2, 0.25) is 0 Å². The van der Waals surface area contributed by atoms with Crippen molar-refractivity contribution < 1.29 is 4.42 Å². The molecule has 0 radical (unpaired) electrons. The number of para-hydroxylation sites is 1. The minimum Gasteiger partial charge on any atom is -0.456 e. The molecule has 11 aromatic carbocycles. The molecular formula is C62H41NO. The average molecular weight is 816 g/mol. The summed E-state index contributed by atoms with van der Waals surface area (Å²) in [5, 5.41) is 7.19. The van der Waals surface area contributed by atoms with Gasteiger partial charge in [-0.25, -0.2) is 0 Å². The third-order valence-corrected chi connectivity index (χ3v) is 12.7. The summed E-state index contributed by atoms with van der Waals surface area (Å²) >= 11 is 0. The molecule has 2 nitrogen and oxygen atoms in total. The number of rotatable bonds is 8. The van der Waals surface area contributed by atoms with Gasteiger partial charge in [-0.05, 0) is 138 Å². The zero-order chi connectivity index (χ0) is 42.4. The van der Waals surface area contributed by atoms with E-state index in [4.69, 9.17) is 4.42 Å². The zero-order valence-electron chi connectivity index (χ0n) is 35.0. The van der Waals surface area contributed by atoms with E-state index in [1.54, 1.807) is 0 Å². The Balaban J connectivity index is 0.975. The Morgan fingerprint density at radius 3 is 1.58 bits per heavy atom. The van der Waals surface area contributed by atoms with Crippen molar-refractivity contribution in [3.63, 3.8) is 0 Å². The number of anilines is 3. The molecule has 0 aliphatic carbocycles. The van der Waals surface area contributed by atoms with Crippen LogP contribution in [0.5, 0.6) is 0 Å². The molecule has 12 rings (SSSR count). The van der Waals surface area contributed by atoms with Crippen molar-refractivity contribution in [3.8, 4) is 55.6 Å². The minimum atomic E-state index is 0.913. The summed E-state index contributed by atoms with van der Waals surface area (Å²) in [7, 11) is 0. The van der Waals surface area contributed by atoms with E-state index in [1.165, 1.54) is 66.1 Å². The van der Waals surface area contributed by atoms with E-state index in [1.807, 2.05) is 12.1 Å². The summed E-state index contributed by atoms with van der Waals surface area (Å²) in [4.78, 5) is 2.39. The second kappa shape index (κ2) is 15.8. The van der Waals surface area contributed by atoms with E-state index in [-0.39, 0.29) is 0 Å². The standard InChI is InChI=1S/C62H41NO/c1-3-12-42(13-4-1)50-18-11-19-54(39-50)63(53-33-30-45(31-34-53)51-28-24-43-14-7-8-17-49(43)38-51)55-35-36-56(46-15-5-2-6-16-46)58(41-55)47-25-22-44(23-26-47)52-29-27-48-32-37-61-62(59(48)40-52)57-20-9-10-21-60(57)64-61/h1-41H. The number of furan rings is 1. The third kappa shape index (κ3) is 6.79. The van der Waals surface area contributed by atoms with Crippen molar-refractivity contribution in [2.45, 2.75) is 0 Å². The minimum absolute atomic E-state index is 0.913. The molecule has 0 unspecified atom stereocenters. The first-order chi connectivity index (χ1) is 31.7. The van der Waals surface area contributed by atoms with Gasteiger partial charge in [0, 0.05) is 27.8 Å². The van der Waals surface area contributed by atoms with Crippen LogP contribution in [0.25, 0.3) is 99.1 Å². The highest BCUT2D eigenvalue weighted by molar-refractivity contribution is 6.19. The molecule has 300 valence electrons. The molecule has 0 aliphatic rings. The van der Waals surface area contributed by atoms with E-state index >= 15 is 0 Å². The Labute approximate surface area is 372 Å². The smallest absolute Gasteiger partial charge is 0.136 e. The maximum Gasteiger partial charge on any atom is 0.136 e. The summed E-state index contributed by atoms with van der Waals surface area (Å²) < 4.78 is 6.26. The highest BCUT2D eigenvalue weighted by atomic mass is 16.3. The topological polar surface area (TPSA) is 16.4 Å². The van der Waals surface area contributed by atoms with Gasteiger partial charge >= 0.3 is 0 Å². The first kappa shape index (κ1) is 37.3. The molecule has 0 N–H and O–H groups in total. The Hall–Kier alpha value is -8.46. The first-order valence-electron chi connectivity index (χ1n) is 21.9. The maximum absolute atomic E-state index is 6.26. The molecule has 12 aromatic rings. The van der Waals surface area contributed by atoms with Gasteiger partial charge in [-0.1, -0.05) is 188 Å². The lowest BCUT2D eigenvalue weighted by Gasteiger charge is -2.27. The van der Waals surface area contributed by atoms with Gasteiger partial charge in [0.15, 0.2) is 0 Å². The normalized spacial score (nSPS) is 11.4. The predicted octanol–water partition coefficient (Wildman–Crippen LogP) is 17.7. The lowest BCUT2D eigenvalue weighted by Crippen LogP contribution is -2.10. The summed E-state index contributed by atoms with van der Waals surface area (Å²) in [6, 6.07) is 89.8. The van der Waals surface area contributed by atoms with Crippen molar-refractivity contribution in [2.24, 2.45) is 0 Å². The lowest BCUT2D eigenvalue weighted by atomic mass is 9.92. The van der Waals surface area contributed by atoms with E-state index in [9.17, 15) is 0 Å². The first-order valence-corrected chi connectivity index (χ1v) is 21.9. The van der Waals surface area contributed by atoms with Crippen molar-refractivity contribution in [1.82, 2.24) is 0 Å². The molecular weight excluding hydrogens is 775 g/mol. The molecule has 0 saturated carbocycles. The van der Waals surface area contributed by atoms with Crippen LogP contribution in [0, 0.1) is 0 Å². The summed E-state index contributed by atoms with van der Waals surface area (Å²) in [5.41, 5.74) is 16.8. The maximum atomic E-state index is 6.26. The van der Waals surface area contributed by atoms with Gasteiger partial charge in [-0.15, -0.1) is 0 Å². The molecule has 1 aromatic heterocycles. The second-order valence-electron chi connectivity index (χ2n) is 16.5. The molecule has 0 fully saturated rings. The molecule has 1 heterocycles. The quantitative estimate of drug-likeness (QED) is 0.152. The van der Waals surface area contributed by atoms with E-state index in [2.05, 4.69) is 241 Å². The number of benzene rings is 11. The second-order valence-corrected chi connectivity index (χ2v) is 16.5. The van der Waals surface area contributed by atoms with Crippen LogP contribution in [0.15, 0.2) is 253 Å². The molecule has 64 heavy (non-hydrogen) atoms. The molecule has 0 amide bonds. The van der Waals surface area contributed by atoms with Gasteiger partial charge in [0.05, 0.1) is 0 Å². The Morgan fingerprint density at radius 1 is 0.250 bits per heavy atom. The number of nitrogens with zero attached hydrogens (tertiary/aromatic N) is 1. The highest BCUT2D eigenvalue weighted by Gasteiger charge is 2.18. The largest absolute Gasteiger partial charge is 0.456 e. The van der Waals surface area contributed by atoms with Gasteiger partial charge in [0.1, 0.15) is 11.2 Å². The van der Waals surface area contributed by atoms with Gasteiger partial charge < -0.3 is 9.32 Å². The van der Waals surface area contributed by atoms with Gasteiger partial charge in [0.25, 0.3) is 0 Å². The number of hydrogen-bond acceptors (Lipinski definition) is 2. The monoisotopic (exact) mass is 815 g/mol. The summed E-state index contributed by atoms with van der Waals surface area (Å²) in [5.74, 6) is 0. The lowest BCUT2D eigenvalue weighted by molar-refractivity contribution is 0.669. The highest BCUT2D eigenvalue weighted by Crippen LogP contribution is 2.43. The Morgan fingerprint density at radius 2 is 0.781 bits per heavy atom. The summed E-state index contributed by atoms with van der Waals surface area (Å²) in [6.45, 7) is 0. The van der Waals surface area contributed by atoms with E-state index in [0.717, 1.165) is 50.1 Å². The van der Waals surface area contributed by atoms with Crippen molar-refractivity contribution >= 4 is 60.5 Å². The van der Waals surface area contributed by atoms with Crippen LogP contribution in [-0.4, -0.2) is 0 Å². The fraction of sp³-hybridized carbons (Fsp3) is 0. The zero-order valence-corrected chi connectivity index (χ0v) is 35.0. The van der Waals surface area contributed by atoms with Gasteiger partial charge in [-0.2, -0.15) is 0 Å². The van der Waals surface area contributed by atoms with Crippen LogP contribution in [0.3, 0.4) is 0 Å². The summed E-state index contributed by atoms with van der Waals surface area (Å²) in [6.07, 6.45) is 0. The Bertz CT molecular complexity index is 3640. The van der Waals surface area contributed by atoms with E-state index < -0.39 is 0 Å². The van der Waals surface area contributed by atoms with Crippen LogP contribution in [0.4, 0.5) is 17.1 Å². The van der Waals surface area contributed by atoms with E-state index in [0.29, 0.717) is 0 Å². The third-order valence-electron chi connectivity index (χ3n) is 12.7. The molecule has 0 aliphatic heterocycles.